The van der Waals surface area contributed by atoms with Crippen molar-refractivity contribution < 1.29 is 27.4 Å². The van der Waals surface area contributed by atoms with E-state index in [2.05, 4.69) is 4.72 Å². The summed E-state index contributed by atoms with van der Waals surface area (Å²) in [6.45, 7) is 0.898. The van der Waals surface area contributed by atoms with Gasteiger partial charge >= 0.3 is 5.97 Å². The highest BCUT2D eigenvalue weighted by Crippen LogP contribution is 2.15. The number of nitrogens with one attached hydrogen (secondary N) is 1. The number of hydrogen-bond acceptors (Lipinski definition) is 4. The van der Waals surface area contributed by atoms with E-state index in [4.69, 9.17) is 4.74 Å². The van der Waals surface area contributed by atoms with E-state index in [1.54, 1.807) is 0 Å². The fourth-order valence-corrected chi connectivity index (χ4v) is 3.92. The largest absolute Gasteiger partial charge is 0.480 e. The summed E-state index contributed by atoms with van der Waals surface area (Å²) in [5.41, 5.74) is 0.542. The van der Waals surface area contributed by atoms with Crippen LogP contribution in [0, 0.1) is 11.7 Å². The molecule has 1 aliphatic heterocycles. The molecular weight excluding hydrogens is 313 g/mol. The first kappa shape index (κ1) is 16.9. The topological polar surface area (TPSA) is 92.7 Å². The standard InChI is InChI=1S/C14H18FNO5S/c15-12-3-1-10(2-4-12)7-13(14(17)18)16-22(19,20)9-11-5-6-21-8-11/h1-4,11,13,16H,5-9H2,(H,17,18)/t11?,13-/m1/s1. The van der Waals surface area contributed by atoms with Crippen LogP contribution in [0.5, 0.6) is 0 Å². The van der Waals surface area contributed by atoms with Crippen LogP contribution in [0.1, 0.15) is 12.0 Å². The molecule has 0 aromatic heterocycles. The molecule has 1 unspecified atom stereocenters. The van der Waals surface area contributed by atoms with E-state index in [0.717, 1.165) is 0 Å². The van der Waals surface area contributed by atoms with Gasteiger partial charge in [-0.25, -0.2) is 17.5 Å². The number of benzene rings is 1. The van der Waals surface area contributed by atoms with Crippen LogP contribution in [-0.2, 0) is 26.0 Å². The van der Waals surface area contributed by atoms with Crippen molar-refractivity contribution in [1.29, 1.82) is 0 Å². The first-order chi connectivity index (χ1) is 10.4. The summed E-state index contributed by atoms with van der Waals surface area (Å²) < 4.78 is 44.3. The van der Waals surface area contributed by atoms with E-state index in [0.29, 0.717) is 25.2 Å². The Kier molecular flexibility index (Phi) is 5.49. The van der Waals surface area contributed by atoms with Crippen LogP contribution in [0.15, 0.2) is 24.3 Å². The average molecular weight is 331 g/mol. The van der Waals surface area contributed by atoms with E-state index in [-0.39, 0.29) is 18.1 Å². The summed E-state index contributed by atoms with van der Waals surface area (Å²) in [4.78, 5) is 11.3. The summed E-state index contributed by atoms with van der Waals surface area (Å²) in [6.07, 6.45) is 0.604. The van der Waals surface area contributed by atoms with Gasteiger partial charge in [0.1, 0.15) is 11.9 Å². The SMILES string of the molecule is O=C(O)[C@@H](Cc1ccc(F)cc1)NS(=O)(=O)CC1CCOC1. The van der Waals surface area contributed by atoms with Gasteiger partial charge in [-0.2, -0.15) is 0 Å². The summed E-state index contributed by atoms with van der Waals surface area (Å²) in [6, 6.07) is 4.00. The maximum absolute atomic E-state index is 12.8. The Bertz CT molecular complexity index is 611. The average Bonchev–Trinajstić information content (AvgIpc) is 2.92. The van der Waals surface area contributed by atoms with Crippen LogP contribution in [0.3, 0.4) is 0 Å². The monoisotopic (exact) mass is 331 g/mol. The van der Waals surface area contributed by atoms with Crippen LogP contribution in [0.2, 0.25) is 0 Å². The second kappa shape index (κ2) is 7.17. The molecular formula is C14H18FNO5S. The Morgan fingerprint density at radius 1 is 1.41 bits per heavy atom. The summed E-state index contributed by atoms with van der Waals surface area (Å²) in [5, 5.41) is 9.19. The van der Waals surface area contributed by atoms with E-state index < -0.39 is 27.9 Å². The zero-order chi connectivity index (χ0) is 16.2. The van der Waals surface area contributed by atoms with Crippen molar-refractivity contribution >= 4 is 16.0 Å². The van der Waals surface area contributed by atoms with Crippen molar-refractivity contribution in [2.75, 3.05) is 19.0 Å². The van der Waals surface area contributed by atoms with Crippen LogP contribution >= 0.6 is 0 Å². The molecule has 122 valence electrons. The molecule has 0 radical (unpaired) electrons. The van der Waals surface area contributed by atoms with Gasteiger partial charge in [0.15, 0.2) is 0 Å². The first-order valence-electron chi connectivity index (χ1n) is 6.91. The minimum absolute atomic E-state index is 0.0456. The van der Waals surface area contributed by atoms with Gasteiger partial charge in [-0.3, -0.25) is 4.79 Å². The number of carboxylic acids is 1. The predicted octanol–water partition coefficient (Wildman–Crippen LogP) is 0.777. The Hall–Kier alpha value is -1.51. The van der Waals surface area contributed by atoms with Gasteiger partial charge in [-0.15, -0.1) is 0 Å². The normalized spacial score (nSPS) is 20.0. The Labute approximate surface area is 128 Å². The summed E-state index contributed by atoms with van der Waals surface area (Å²) >= 11 is 0. The molecule has 1 heterocycles. The number of carboxylic acid groups (broad SMARTS) is 1. The molecule has 2 N–H and O–H groups in total. The fraction of sp³-hybridized carbons (Fsp3) is 0.500. The maximum Gasteiger partial charge on any atom is 0.322 e. The number of halogens is 1. The summed E-state index contributed by atoms with van der Waals surface area (Å²) in [5.74, 6) is -1.97. The Morgan fingerprint density at radius 2 is 2.09 bits per heavy atom. The van der Waals surface area contributed by atoms with Crippen molar-refractivity contribution in [1.82, 2.24) is 4.72 Å². The third kappa shape index (κ3) is 5.04. The van der Waals surface area contributed by atoms with Crippen molar-refractivity contribution in [3.8, 4) is 0 Å². The third-order valence-electron chi connectivity index (χ3n) is 3.45. The second-order valence-electron chi connectivity index (χ2n) is 5.35. The fourth-order valence-electron chi connectivity index (χ4n) is 2.33. The number of carbonyl (C=O) groups is 1. The molecule has 0 saturated carbocycles. The third-order valence-corrected chi connectivity index (χ3v) is 5.01. The molecule has 1 aromatic rings. The molecule has 0 aliphatic carbocycles. The van der Waals surface area contributed by atoms with E-state index in [1.807, 2.05) is 0 Å². The van der Waals surface area contributed by atoms with Crippen molar-refractivity contribution in [2.45, 2.75) is 18.9 Å². The van der Waals surface area contributed by atoms with E-state index in [1.165, 1.54) is 24.3 Å². The predicted molar refractivity (Wildman–Crippen MR) is 77.4 cm³/mol. The second-order valence-corrected chi connectivity index (χ2v) is 7.15. The van der Waals surface area contributed by atoms with Gasteiger partial charge in [-0.1, -0.05) is 12.1 Å². The molecule has 2 rings (SSSR count). The molecule has 1 fully saturated rings. The van der Waals surface area contributed by atoms with Crippen LogP contribution in [0.25, 0.3) is 0 Å². The van der Waals surface area contributed by atoms with Gasteiger partial charge in [0, 0.05) is 6.61 Å². The molecule has 22 heavy (non-hydrogen) atoms. The van der Waals surface area contributed by atoms with Crippen molar-refractivity contribution in [3.05, 3.63) is 35.6 Å². The number of aliphatic carboxylic acids is 1. The highest BCUT2D eigenvalue weighted by atomic mass is 32.2. The molecule has 1 aromatic carbocycles. The van der Waals surface area contributed by atoms with Gasteiger partial charge in [0.05, 0.1) is 12.4 Å². The van der Waals surface area contributed by atoms with Crippen molar-refractivity contribution in [3.63, 3.8) is 0 Å². The van der Waals surface area contributed by atoms with Gasteiger partial charge in [0.25, 0.3) is 0 Å². The number of rotatable bonds is 7. The zero-order valence-corrected chi connectivity index (χ0v) is 12.7. The lowest BCUT2D eigenvalue weighted by molar-refractivity contribution is -0.138. The van der Waals surface area contributed by atoms with E-state index >= 15 is 0 Å². The highest BCUT2D eigenvalue weighted by molar-refractivity contribution is 7.89. The lowest BCUT2D eigenvalue weighted by Gasteiger charge is -2.16. The molecule has 0 spiro atoms. The molecule has 8 heteroatoms. The number of ether oxygens (including phenoxy) is 1. The number of hydrogen-bond donors (Lipinski definition) is 2. The number of sulfonamides is 1. The molecule has 0 amide bonds. The smallest absolute Gasteiger partial charge is 0.322 e. The molecule has 0 bridgehead atoms. The first-order valence-corrected chi connectivity index (χ1v) is 8.56. The molecule has 1 aliphatic rings. The zero-order valence-electron chi connectivity index (χ0n) is 11.9. The molecule has 2 atom stereocenters. The van der Waals surface area contributed by atoms with Crippen LogP contribution in [0.4, 0.5) is 4.39 Å². The quantitative estimate of drug-likeness (QED) is 0.770. The highest BCUT2D eigenvalue weighted by Gasteiger charge is 2.28. The van der Waals surface area contributed by atoms with Gasteiger partial charge in [0.2, 0.25) is 10.0 Å². The van der Waals surface area contributed by atoms with Gasteiger partial charge < -0.3 is 9.84 Å². The Balaban J connectivity index is 2.01. The van der Waals surface area contributed by atoms with Gasteiger partial charge in [-0.05, 0) is 36.5 Å². The maximum atomic E-state index is 12.8. The minimum Gasteiger partial charge on any atom is -0.480 e. The van der Waals surface area contributed by atoms with E-state index in [9.17, 15) is 22.7 Å². The molecule has 1 saturated heterocycles. The molecule has 6 nitrogen and oxygen atoms in total. The van der Waals surface area contributed by atoms with Crippen molar-refractivity contribution in [2.24, 2.45) is 5.92 Å². The summed E-state index contributed by atoms with van der Waals surface area (Å²) in [7, 11) is -3.72. The lowest BCUT2D eigenvalue weighted by atomic mass is 10.1. The van der Waals surface area contributed by atoms with Crippen LogP contribution < -0.4 is 4.72 Å². The Morgan fingerprint density at radius 3 is 2.64 bits per heavy atom. The van der Waals surface area contributed by atoms with Crippen LogP contribution in [-0.4, -0.2) is 44.5 Å². The minimum atomic E-state index is -3.72. The lowest BCUT2D eigenvalue weighted by Crippen LogP contribution is -2.44.